The van der Waals surface area contributed by atoms with Crippen LogP contribution in [0.25, 0.3) is 28.2 Å². The minimum atomic E-state index is -0.0265. The van der Waals surface area contributed by atoms with Crippen molar-refractivity contribution < 1.29 is 0 Å². The fraction of sp³-hybridized carbons (Fsp3) is 0.276. The van der Waals surface area contributed by atoms with Gasteiger partial charge in [-0.15, -0.1) is 5.10 Å². The van der Waals surface area contributed by atoms with Gasteiger partial charge in [0.15, 0.2) is 5.82 Å². The first-order valence-corrected chi connectivity index (χ1v) is 13.6. The minimum absolute atomic E-state index is 0.0265. The van der Waals surface area contributed by atoms with E-state index in [1.54, 1.807) is 6.20 Å². The van der Waals surface area contributed by atoms with Crippen LogP contribution in [-0.2, 0) is 13.0 Å². The molecule has 8 nitrogen and oxygen atoms in total. The van der Waals surface area contributed by atoms with E-state index in [4.69, 9.17) is 0 Å². The Morgan fingerprint density at radius 3 is 2.58 bits per heavy atom. The van der Waals surface area contributed by atoms with Crippen LogP contribution in [0.15, 0.2) is 76.4 Å². The summed E-state index contributed by atoms with van der Waals surface area (Å²) in [6, 6.07) is 16.2. The summed E-state index contributed by atoms with van der Waals surface area (Å²) in [4.78, 5) is 18.1. The van der Waals surface area contributed by atoms with Crippen LogP contribution in [0.2, 0.25) is 0 Å². The number of hydrogen-bond acceptors (Lipinski definition) is 5. The maximum absolute atomic E-state index is 13.8. The SMILES string of the molecule is CCCCc1cn(-c2c(Br)cccc2C(C)C)c(=O)n1Cc1ccc(-c2cnccc2-c2nnn[nH]2)cc1. The van der Waals surface area contributed by atoms with E-state index in [0.29, 0.717) is 12.4 Å². The fourth-order valence-electron chi connectivity index (χ4n) is 4.74. The molecule has 0 aliphatic heterocycles. The van der Waals surface area contributed by atoms with Gasteiger partial charge in [-0.2, -0.15) is 0 Å². The lowest BCUT2D eigenvalue weighted by Crippen LogP contribution is -2.25. The predicted molar refractivity (Wildman–Crippen MR) is 152 cm³/mol. The van der Waals surface area contributed by atoms with E-state index in [0.717, 1.165) is 62.9 Å². The summed E-state index contributed by atoms with van der Waals surface area (Å²) in [5, 5.41) is 14.3. The van der Waals surface area contributed by atoms with Crippen LogP contribution in [0, 0.1) is 0 Å². The molecule has 3 aromatic heterocycles. The fourth-order valence-corrected chi connectivity index (χ4v) is 5.31. The molecule has 3 heterocycles. The van der Waals surface area contributed by atoms with E-state index in [2.05, 4.69) is 92.6 Å². The van der Waals surface area contributed by atoms with Crippen molar-refractivity contribution in [3.8, 4) is 28.2 Å². The van der Waals surface area contributed by atoms with Gasteiger partial charge in [0.05, 0.1) is 12.2 Å². The zero-order valence-corrected chi connectivity index (χ0v) is 23.3. The van der Waals surface area contributed by atoms with Crippen LogP contribution in [0.5, 0.6) is 0 Å². The second kappa shape index (κ2) is 11.3. The minimum Gasteiger partial charge on any atom is -0.292 e. The highest BCUT2D eigenvalue weighted by molar-refractivity contribution is 9.10. The molecule has 0 unspecified atom stereocenters. The Hall–Kier alpha value is -3.85. The molecular formula is C29H30BrN7O. The average molecular weight is 573 g/mol. The highest BCUT2D eigenvalue weighted by Gasteiger charge is 2.19. The van der Waals surface area contributed by atoms with Crippen molar-refractivity contribution in [2.45, 2.75) is 52.5 Å². The molecule has 38 heavy (non-hydrogen) atoms. The first-order chi connectivity index (χ1) is 18.5. The van der Waals surface area contributed by atoms with E-state index in [1.165, 1.54) is 0 Å². The normalized spacial score (nSPS) is 11.4. The van der Waals surface area contributed by atoms with Gasteiger partial charge in [-0.1, -0.05) is 63.6 Å². The Balaban J connectivity index is 1.51. The lowest BCUT2D eigenvalue weighted by atomic mass is 10.0. The van der Waals surface area contributed by atoms with Crippen molar-refractivity contribution in [3.63, 3.8) is 0 Å². The second-order valence-electron chi connectivity index (χ2n) is 9.66. The number of halogens is 1. The van der Waals surface area contributed by atoms with Crippen molar-refractivity contribution in [3.05, 3.63) is 98.9 Å². The number of para-hydroxylation sites is 1. The quantitative estimate of drug-likeness (QED) is 0.228. The van der Waals surface area contributed by atoms with Crippen LogP contribution in [0.4, 0.5) is 0 Å². The molecule has 5 aromatic rings. The molecule has 0 radical (unpaired) electrons. The zero-order valence-electron chi connectivity index (χ0n) is 21.7. The molecule has 5 rings (SSSR count). The maximum Gasteiger partial charge on any atom is 0.333 e. The van der Waals surface area contributed by atoms with Gasteiger partial charge in [-0.05, 0) is 73.9 Å². The standard InChI is InChI=1S/C29H30BrN7O/c1-4-5-7-22-18-37(27-23(19(2)3)8-6-9-26(27)30)29(38)36(22)17-20-10-12-21(13-11-20)25-16-31-15-14-24(25)28-32-34-35-33-28/h6,8-16,18-19H,4-5,7,17H2,1-3H3,(H,32,33,34,35). The number of H-pyrrole nitrogens is 1. The van der Waals surface area contributed by atoms with E-state index >= 15 is 0 Å². The second-order valence-corrected chi connectivity index (χ2v) is 10.5. The number of aromatic amines is 1. The molecule has 2 aromatic carbocycles. The molecule has 0 atom stereocenters. The molecule has 194 valence electrons. The van der Waals surface area contributed by atoms with Gasteiger partial charge in [0, 0.05) is 39.9 Å². The summed E-state index contributed by atoms with van der Waals surface area (Å²) in [7, 11) is 0. The molecule has 0 saturated heterocycles. The monoisotopic (exact) mass is 571 g/mol. The molecule has 0 fully saturated rings. The Kier molecular flexibility index (Phi) is 7.64. The third-order valence-corrected chi connectivity index (χ3v) is 7.40. The van der Waals surface area contributed by atoms with Gasteiger partial charge >= 0.3 is 5.69 Å². The number of aryl methyl sites for hydroxylation is 1. The van der Waals surface area contributed by atoms with E-state index < -0.39 is 0 Å². The summed E-state index contributed by atoms with van der Waals surface area (Å²) in [5.41, 5.74) is 6.93. The number of nitrogens with one attached hydrogen (secondary N) is 1. The zero-order chi connectivity index (χ0) is 26.6. The highest BCUT2D eigenvalue weighted by Crippen LogP contribution is 2.31. The molecule has 0 saturated carbocycles. The molecule has 0 spiro atoms. The Morgan fingerprint density at radius 1 is 1.05 bits per heavy atom. The van der Waals surface area contributed by atoms with E-state index in [9.17, 15) is 4.79 Å². The predicted octanol–water partition coefficient (Wildman–Crippen LogP) is 6.16. The van der Waals surface area contributed by atoms with Gasteiger partial charge in [0.25, 0.3) is 0 Å². The van der Waals surface area contributed by atoms with Crippen molar-refractivity contribution in [1.82, 2.24) is 34.7 Å². The van der Waals surface area contributed by atoms with Gasteiger partial charge in [-0.25, -0.2) is 9.89 Å². The number of pyridine rings is 1. The molecule has 0 amide bonds. The molecule has 0 aliphatic rings. The number of benzene rings is 2. The molecule has 1 N–H and O–H groups in total. The lowest BCUT2D eigenvalue weighted by molar-refractivity contribution is 0.673. The Morgan fingerprint density at radius 2 is 1.87 bits per heavy atom. The number of imidazole rings is 1. The summed E-state index contributed by atoms with van der Waals surface area (Å²) in [6.45, 7) is 6.97. The van der Waals surface area contributed by atoms with Gasteiger partial charge in [0.1, 0.15) is 0 Å². The van der Waals surface area contributed by atoms with E-state index in [-0.39, 0.29) is 11.6 Å². The van der Waals surface area contributed by atoms with Gasteiger partial charge in [-0.3, -0.25) is 14.1 Å². The van der Waals surface area contributed by atoms with Gasteiger partial charge in [0.2, 0.25) is 0 Å². The van der Waals surface area contributed by atoms with Gasteiger partial charge < -0.3 is 0 Å². The highest BCUT2D eigenvalue weighted by atomic mass is 79.9. The largest absolute Gasteiger partial charge is 0.333 e. The van der Waals surface area contributed by atoms with Crippen LogP contribution in [0.1, 0.15) is 56.4 Å². The van der Waals surface area contributed by atoms with Crippen molar-refractivity contribution >= 4 is 15.9 Å². The van der Waals surface area contributed by atoms with Crippen molar-refractivity contribution in [2.24, 2.45) is 0 Å². The number of tetrazole rings is 1. The Labute approximate surface area is 229 Å². The number of unbranched alkanes of at least 4 members (excludes halogenated alkanes) is 1. The number of hydrogen-bond donors (Lipinski definition) is 1. The van der Waals surface area contributed by atoms with Crippen LogP contribution < -0.4 is 5.69 Å². The summed E-state index contributed by atoms with van der Waals surface area (Å²) < 4.78 is 4.64. The number of nitrogens with zero attached hydrogens (tertiary/aromatic N) is 6. The Bertz CT molecular complexity index is 1580. The average Bonchev–Trinajstić information content (AvgIpc) is 3.57. The summed E-state index contributed by atoms with van der Waals surface area (Å²) >= 11 is 3.70. The van der Waals surface area contributed by atoms with Crippen LogP contribution in [0.3, 0.4) is 0 Å². The first kappa shape index (κ1) is 25.8. The summed E-state index contributed by atoms with van der Waals surface area (Å²) in [5.74, 6) is 0.877. The summed E-state index contributed by atoms with van der Waals surface area (Å²) in [6.07, 6.45) is 8.49. The molecule has 0 aliphatic carbocycles. The van der Waals surface area contributed by atoms with E-state index in [1.807, 2.05) is 39.7 Å². The topological polar surface area (TPSA) is 94.3 Å². The first-order valence-electron chi connectivity index (χ1n) is 12.8. The molecule has 9 heteroatoms. The molecular weight excluding hydrogens is 542 g/mol. The third kappa shape index (κ3) is 5.11. The number of aromatic nitrogens is 7. The maximum atomic E-state index is 13.8. The van der Waals surface area contributed by atoms with Crippen LogP contribution >= 0.6 is 15.9 Å². The van der Waals surface area contributed by atoms with Crippen molar-refractivity contribution in [1.29, 1.82) is 0 Å². The lowest BCUT2D eigenvalue weighted by Gasteiger charge is -2.14. The third-order valence-electron chi connectivity index (χ3n) is 6.76. The van der Waals surface area contributed by atoms with Crippen LogP contribution in [-0.4, -0.2) is 34.7 Å². The van der Waals surface area contributed by atoms with Crippen molar-refractivity contribution in [2.75, 3.05) is 0 Å². The number of rotatable bonds is 9. The smallest absolute Gasteiger partial charge is 0.292 e. The molecule has 0 bridgehead atoms.